The smallest absolute Gasteiger partial charge is 0.366 e. The Kier molecular flexibility index (Phi) is 6.81. The number of allylic oxidation sites excluding steroid dienone is 1. The highest BCUT2D eigenvalue weighted by molar-refractivity contribution is 6.16. The zero-order valence-electron chi connectivity index (χ0n) is 17.7. The number of halogens is 4. The summed E-state index contributed by atoms with van der Waals surface area (Å²) in [4.78, 5) is 5.96. The minimum absolute atomic E-state index is 0.264. The molecular weight excluding hydrogens is 408 g/mol. The first kappa shape index (κ1) is 22.6. The van der Waals surface area contributed by atoms with Crippen molar-refractivity contribution >= 4 is 17.4 Å². The van der Waals surface area contributed by atoms with E-state index in [1.165, 1.54) is 18.2 Å². The van der Waals surface area contributed by atoms with Crippen molar-refractivity contribution < 1.29 is 17.6 Å². The minimum Gasteiger partial charge on any atom is -0.366 e. The van der Waals surface area contributed by atoms with Crippen LogP contribution in [0, 0.1) is 5.82 Å². The summed E-state index contributed by atoms with van der Waals surface area (Å²) >= 11 is 0. The molecule has 8 heteroatoms. The Bertz CT molecular complexity index is 1020. The number of pyridine rings is 1. The number of likely N-dealkylation sites (N-methyl/N-ethyl adjacent to an activating group) is 1. The normalized spacial score (nSPS) is 13.9. The van der Waals surface area contributed by atoms with Crippen LogP contribution in [-0.4, -0.2) is 41.1 Å². The number of alkyl halides is 3. The van der Waals surface area contributed by atoms with Crippen molar-refractivity contribution in [3.05, 3.63) is 70.7 Å². The molecular formula is C23H25F4N4+. The number of rotatable bonds is 7. The molecule has 0 atom stereocenters. The van der Waals surface area contributed by atoms with Gasteiger partial charge in [0.1, 0.15) is 18.2 Å². The lowest BCUT2D eigenvalue weighted by molar-refractivity contribution is -0.137. The molecule has 0 radical (unpaired) electrons. The number of nitrogens with one attached hydrogen (secondary N) is 1. The predicted molar refractivity (Wildman–Crippen MR) is 116 cm³/mol. The van der Waals surface area contributed by atoms with E-state index in [2.05, 4.69) is 15.2 Å². The van der Waals surface area contributed by atoms with Gasteiger partial charge in [0.25, 0.3) is 0 Å². The summed E-state index contributed by atoms with van der Waals surface area (Å²) in [6, 6.07) is 8.76. The molecule has 31 heavy (non-hydrogen) atoms. The van der Waals surface area contributed by atoms with Crippen LogP contribution in [-0.2, 0) is 12.6 Å². The van der Waals surface area contributed by atoms with E-state index in [9.17, 15) is 17.6 Å². The van der Waals surface area contributed by atoms with Crippen molar-refractivity contribution in [1.29, 1.82) is 0 Å². The minimum atomic E-state index is -4.39. The molecule has 0 amide bonds. The van der Waals surface area contributed by atoms with E-state index in [-0.39, 0.29) is 5.82 Å². The van der Waals surface area contributed by atoms with E-state index in [0.29, 0.717) is 25.3 Å². The van der Waals surface area contributed by atoms with Gasteiger partial charge in [-0.25, -0.2) is 18.9 Å². The molecule has 0 saturated carbocycles. The lowest BCUT2D eigenvalue weighted by Crippen LogP contribution is -2.36. The van der Waals surface area contributed by atoms with Gasteiger partial charge in [-0.1, -0.05) is 12.1 Å². The van der Waals surface area contributed by atoms with Crippen molar-refractivity contribution in [1.82, 2.24) is 14.6 Å². The Morgan fingerprint density at radius 3 is 2.32 bits per heavy atom. The van der Waals surface area contributed by atoms with Gasteiger partial charge in [0, 0.05) is 11.8 Å². The number of anilines is 1. The third-order valence-electron chi connectivity index (χ3n) is 5.32. The fraction of sp³-hybridized carbons (Fsp3) is 0.348. The van der Waals surface area contributed by atoms with Gasteiger partial charge in [-0.2, -0.15) is 13.2 Å². The van der Waals surface area contributed by atoms with E-state index < -0.39 is 11.7 Å². The summed E-state index contributed by atoms with van der Waals surface area (Å²) in [5, 5.41) is 3.06. The number of amidine groups is 1. The molecule has 2 aromatic rings. The molecule has 0 bridgehead atoms. The molecule has 1 aliphatic heterocycles. The Morgan fingerprint density at radius 1 is 1.03 bits per heavy atom. The SMILES string of the molecule is CCN(CCNc1ccc(C(F)(F)F)cn1)C1=[N+]=C(Cc2ccc(F)cc2)C(C)=C1C. The van der Waals surface area contributed by atoms with Gasteiger partial charge in [-0.3, -0.25) is 0 Å². The van der Waals surface area contributed by atoms with Gasteiger partial charge < -0.3 is 5.32 Å². The summed E-state index contributed by atoms with van der Waals surface area (Å²) in [6.07, 6.45) is -2.94. The molecule has 1 aliphatic rings. The number of benzene rings is 1. The fourth-order valence-corrected chi connectivity index (χ4v) is 3.35. The zero-order valence-corrected chi connectivity index (χ0v) is 17.7. The Labute approximate surface area is 179 Å². The van der Waals surface area contributed by atoms with Crippen LogP contribution in [0.4, 0.5) is 23.4 Å². The quantitative estimate of drug-likeness (QED) is 0.518. The second kappa shape index (κ2) is 9.35. The average Bonchev–Trinajstić information content (AvgIpc) is 3.01. The monoisotopic (exact) mass is 433 g/mol. The average molecular weight is 433 g/mol. The largest absolute Gasteiger partial charge is 0.417 e. The third-order valence-corrected chi connectivity index (χ3v) is 5.32. The Hall–Kier alpha value is -3.12. The molecule has 1 N–H and O–H groups in total. The first-order valence-corrected chi connectivity index (χ1v) is 10.1. The van der Waals surface area contributed by atoms with Crippen LogP contribution in [0.2, 0.25) is 0 Å². The maximum Gasteiger partial charge on any atom is 0.417 e. The summed E-state index contributed by atoms with van der Waals surface area (Å²) < 4.78 is 55.9. The van der Waals surface area contributed by atoms with Crippen LogP contribution in [0.15, 0.2) is 53.7 Å². The lowest BCUT2D eigenvalue weighted by Gasteiger charge is -2.15. The van der Waals surface area contributed by atoms with Crippen LogP contribution >= 0.6 is 0 Å². The van der Waals surface area contributed by atoms with Crippen LogP contribution in [0.25, 0.3) is 0 Å². The highest BCUT2D eigenvalue weighted by Crippen LogP contribution is 2.28. The summed E-state index contributed by atoms with van der Waals surface area (Å²) in [7, 11) is 0. The first-order valence-electron chi connectivity index (χ1n) is 10.1. The topological polar surface area (TPSA) is 42.3 Å². The van der Waals surface area contributed by atoms with Gasteiger partial charge in [-0.15, -0.1) is 0 Å². The Balaban J connectivity index is 1.66. The molecule has 2 heterocycles. The first-order chi connectivity index (χ1) is 14.7. The lowest BCUT2D eigenvalue weighted by atomic mass is 10.0. The fourth-order valence-electron chi connectivity index (χ4n) is 3.35. The van der Waals surface area contributed by atoms with E-state index in [1.807, 2.05) is 20.8 Å². The van der Waals surface area contributed by atoms with Gasteiger partial charge in [0.05, 0.1) is 30.6 Å². The molecule has 3 rings (SSSR count). The van der Waals surface area contributed by atoms with E-state index in [0.717, 1.165) is 47.1 Å². The third kappa shape index (κ3) is 5.52. The molecule has 0 unspecified atom stereocenters. The van der Waals surface area contributed by atoms with Crippen molar-refractivity contribution in [3.63, 3.8) is 0 Å². The van der Waals surface area contributed by atoms with Crippen molar-refractivity contribution in [2.24, 2.45) is 0 Å². The van der Waals surface area contributed by atoms with Crippen molar-refractivity contribution in [2.75, 3.05) is 25.0 Å². The van der Waals surface area contributed by atoms with E-state index in [4.69, 9.17) is 4.67 Å². The summed E-state index contributed by atoms with van der Waals surface area (Å²) in [6.45, 7) is 7.94. The molecule has 1 aromatic carbocycles. The van der Waals surface area contributed by atoms with Crippen molar-refractivity contribution in [3.8, 4) is 0 Å². The van der Waals surface area contributed by atoms with Gasteiger partial charge in [0.2, 0.25) is 5.71 Å². The molecule has 0 aliphatic carbocycles. The van der Waals surface area contributed by atoms with Crippen molar-refractivity contribution in [2.45, 2.75) is 33.4 Å². The Morgan fingerprint density at radius 2 is 1.74 bits per heavy atom. The number of aromatic nitrogens is 1. The molecule has 0 spiro atoms. The van der Waals surface area contributed by atoms with E-state index >= 15 is 0 Å². The maximum atomic E-state index is 13.2. The van der Waals surface area contributed by atoms with Gasteiger partial charge >= 0.3 is 12.0 Å². The standard InChI is InChI=1S/C23H25F4N4/c1-4-31(12-11-28-21-10-7-18(14-29-21)23(25,26)27)22-16(3)15(2)20(30-22)13-17-5-8-19(24)9-6-17/h5-10,14H,4,11-13H2,1-3H3,(H,28,29)/q+1. The molecule has 1 aromatic heterocycles. The molecule has 0 fully saturated rings. The van der Waals surface area contributed by atoms with Gasteiger partial charge in [0.15, 0.2) is 0 Å². The second-order valence-electron chi connectivity index (χ2n) is 7.37. The highest BCUT2D eigenvalue weighted by Gasteiger charge is 2.32. The number of hydrogen-bond acceptors (Lipinski definition) is 3. The second-order valence-corrected chi connectivity index (χ2v) is 7.37. The number of hydrogen-bond donors (Lipinski definition) is 1. The van der Waals surface area contributed by atoms with Gasteiger partial charge in [-0.05, 0) is 50.6 Å². The van der Waals surface area contributed by atoms with Crippen LogP contribution in [0.5, 0.6) is 0 Å². The van der Waals surface area contributed by atoms with Crippen LogP contribution in [0.1, 0.15) is 31.9 Å². The van der Waals surface area contributed by atoms with E-state index in [1.54, 1.807) is 12.1 Å². The maximum absolute atomic E-state index is 13.2. The molecule has 4 nitrogen and oxygen atoms in total. The summed E-state index contributed by atoms with van der Waals surface area (Å²) in [5.74, 6) is 1.02. The molecule has 0 saturated heterocycles. The number of nitrogens with zero attached hydrogens (tertiary/aromatic N) is 3. The summed E-state index contributed by atoms with van der Waals surface area (Å²) in [5.41, 5.74) is 3.37. The predicted octanol–water partition coefficient (Wildman–Crippen LogP) is 4.47. The zero-order chi connectivity index (χ0) is 22.6. The molecule has 164 valence electrons. The van der Waals surface area contributed by atoms with Crippen LogP contribution in [0.3, 0.4) is 0 Å². The van der Waals surface area contributed by atoms with Crippen LogP contribution < -0.4 is 9.98 Å². The highest BCUT2D eigenvalue weighted by atomic mass is 19.4.